The van der Waals surface area contributed by atoms with E-state index in [9.17, 15) is 0 Å². The van der Waals surface area contributed by atoms with Crippen molar-refractivity contribution in [1.29, 1.82) is 0 Å². The first-order chi connectivity index (χ1) is 7.58. The van der Waals surface area contributed by atoms with Gasteiger partial charge in [-0.3, -0.25) is 4.68 Å². The van der Waals surface area contributed by atoms with Crippen molar-refractivity contribution in [3.63, 3.8) is 0 Å². The summed E-state index contributed by atoms with van der Waals surface area (Å²) < 4.78 is 7.54. The summed E-state index contributed by atoms with van der Waals surface area (Å²) in [6, 6.07) is 0.384. The summed E-state index contributed by atoms with van der Waals surface area (Å²) in [4.78, 5) is 0. The van der Waals surface area contributed by atoms with Crippen molar-refractivity contribution < 1.29 is 4.74 Å². The maximum Gasteiger partial charge on any atom is 0.107 e. The Hall–Kier alpha value is -0.540. The van der Waals surface area contributed by atoms with E-state index in [2.05, 4.69) is 32.8 Å². The van der Waals surface area contributed by atoms with Gasteiger partial charge in [0.1, 0.15) is 5.69 Å². The van der Waals surface area contributed by atoms with Gasteiger partial charge in [0.25, 0.3) is 0 Å². The van der Waals surface area contributed by atoms with Crippen LogP contribution in [0.2, 0.25) is 5.02 Å². The van der Waals surface area contributed by atoms with Gasteiger partial charge in [0.15, 0.2) is 0 Å². The Bertz CT molecular complexity index is 325. The smallest absolute Gasteiger partial charge is 0.107 e. The van der Waals surface area contributed by atoms with Crippen molar-refractivity contribution in [3.8, 4) is 0 Å². The van der Waals surface area contributed by atoms with Crippen molar-refractivity contribution >= 4 is 11.6 Å². The summed E-state index contributed by atoms with van der Waals surface area (Å²) in [6.45, 7) is 8.92. The number of halogens is 1. The van der Waals surface area contributed by atoms with Crippen molar-refractivity contribution in [2.45, 2.75) is 59.3 Å². The van der Waals surface area contributed by atoms with Crippen LogP contribution in [0.5, 0.6) is 0 Å². The molecule has 2 atom stereocenters. The highest BCUT2D eigenvalue weighted by Crippen LogP contribution is 2.19. The van der Waals surface area contributed by atoms with Crippen molar-refractivity contribution in [3.05, 3.63) is 16.9 Å². The summed E-state index contributed by atoms with van der Waals surface area (Å²) in [5.74, 6) is 0. The van der Waals surface area contributed by atoms with Crippen LogP contribution < -0.4 is 0 Å². The summed E-state index contributed by atoms with van der Waals surface area (Å²) in [7, 11) is 0. The van der Waals surface area contributed by atoms with E-state index >= 15 is 0 Å². The fourth-order valence-corrected chi connectivity index (χ4v) is 1.45. The molecule has 0 aliphatic rings. The Morgan fingerprint density at radius 2 is 2.06 bits per heavy atom. The normalized spacial score (nSPS) is 15.1. The third-order valence-corrected chi connectivity index (χ3v) is 3.20. The molecule has 4 heteroatoms. The van der Waals surface area contributed by atoms with Gasteiger partial charge < -0.3 is 4.74 Å². The molecule has 0 N–H and O–H groups in total. The minimum atomic E-state index is 0.254. The first-order valence-corrected chi connectivity index (χ1v) is 6.31. The highest BCUT2D eigenvalue weighted by Gasteiger charge is 2.11. The molecular weight excluding hydrogens is 224 g/mol. The zero-order chi connectivity index (χ0) is 12.1. The monoisotopic (exact) mass is 244 g/mol. The van der Waals surface area contributed by atoms with Crippen LogP contribution >= 0.6 is 11.6 Å². The van der Waals surface area contributed by atoms with Gasteiger partial charge in [-0.05, 0) is 26.7 Å². The molecule has 1 aromatic heterocycles. The van der Waals surface area contributed by atoms with E-state index in [1.54, 1.807) is 0 Å². The molecule has 0 amide bonds. The molecule has 1 heterocycles. The Morgan fingerprint density at radius 1 is 1.38 bits per heavy atom. The maximum absolute atomic E-state index is 6.11. The molecule has 0 bridgehead atoms. The summed E-state index contributed by atoms with van der Waals surface area (Å²) in [6.07, 6.45) is 4.18. The third-order valence-electron chi connectivity index (χ3n) is 2.88. The minimum Gasteiger partial charge on any atom is -0.372 e. The summed E-state index contributed by atoms with van der Waals surface area (Å²) in [5, 5.41) is 5.14. The van der Waals surface area contributed by atoms with E-state index in [4.69, 9.17) is 16.3 Å². The fourth-order valence-electron chi connectivity index (χ4n) is 1.26. The van der Waals surface area contributed by atoms with Gasteiger partial charge >= 0.3 is 0 Å². The quantitative estimate of drug-likeness (QED) is 0.761. The average Bonchev–Trinajstić information content (AvgIpc) is 2.66. The Morgan fingerprint density at radius 3 is 2.62 bits per heavy atom. The van der Waals surface area contributed by atoms with E-state index in [0.717, 1.165) is 18.5 Å². The number of ether oxygens (including phenoxy) is 1. The first-order valence-electron chi connectivity index (χ1n) is 5.93. The molecule has 0 saturated carbocycles. The van der Waals surface area contributed by atoms with Gasteiger partial charge in [-0.25, -0.2) is 0 Å². The van der Waals surface area contributed by atoms with Crippen molar-refractivity contribution in [2.75, 3.05) is 0 Å². The zero-order valence-corrected chi connectivity index (χ0v) is 11.3. The van der Waals surface area contributed by atoms with Crippen LogP contribution in [0.1, 0.15) is 52.3 Å². The molecule has 0 fully saturated rings. The number of nitrogens with zero attached hydrogens (tertiary/aromatic N) is 2. The van der Waals surface area contributed by atoms with Crippen LogP contribution in [0.3, 0.4) is 0 Å². The van der Waals surface area contributed by atoms with Crippen LogP contribution in [-0.4, -0.2) is 15.9 Å². The van der Waals surface area contributed by atoms with Gasteiger partial charge in [0, 0.05) is 12.2 Å². The molecule has 0 aliphatic carbocycles. The predicted molar refractivity (Wildman–Crippen MR) is 66.8 cm³/mol. The predicted octanol–water partition coefficient (Wildman–Crippen LogP) is 3.82. The molecule has 1 rings (SSSR count). The average molecular weight is 245 g/mol. The molecule has 16 heavy (non-hydrogen) atoms. The SMILES string of the molecule is CCC(C)OCc1nn(C(C)CC)cc1Cl. The molecule has 92 valence electrons. The van der Waals surface area contributed by atoms with Crippen LogP contribution in [0.15, 0.2) is 6.20 Å². The highest BCUT2D eigenvalue weighted by molar-refractivity contribution is 6.31. The highest BCUT2D eigenvalue weighted by atomic mass is 35.5. The molecule has 0 saturated heterocycles. The molecule has 0 spiro atoms. The number of aromatic nitrogens is 2. The van der Waals surface area contributed by atoms with E-state index in [1.165, 1.54) is 0 Å². The lowest BCUT2D eigenvalue weighted by molar-refractivity contribution is 0.0485. The Balaban J connectivity index is 2.63. The first kappa shape index (κ1) is 13.5. The van der Waals surface area contributed by atoms with Gasteiger partial charge in [0.05, 0.1) is 17.7 Å². The number of hydrogen-bond acceptors (Lipinski definition) is 2. The molecule has 0 aliphatic heterocycles. The van der Waals surface area contributed by atoms with E-state index in [-0.39, 0.29) is 6.10 Å². The summed E-state index contributed by atoms with van der Waals surface area (Å²) >= 11 is 6.11. The molecular formula is C12H21ClN2O. The van der Waals surface area contributed by atoms with E-state index in [0.29, 0.717) is 17.7 Å². The molecule has 3 nitrogen and oxygen atoms in total. The van der Waals surface area contributed by atoms with Crippen molar-refractivity contribution in [2.24, 2.45) is 0 Å². The molecule has 2 unspecified atom stereocenters. The van der Waals surface area contributed by atoms with Gasteiger partial charge in [-0.2, -0.15) is 5.10 Å². The van der Waals surface area contributed by atoms with Gasteiger partial charge in [-0.1, -0.05) is 25.4 Å². The summed E-state index contributed by atoms with van der Waals surface area (Å²) in [5.41, 5.74) is 0.835. The third kappa shape index (κ3) is 3.49. The fraction of sp³-hybridized carbons (Fsp3) is 0.750. The van der Waals surface area contributed by atoms with E-state index < -0.39 is 0 Å². The lowest BCUT2D eigenvalue weighted by Crippen LogP contribution is -2.08. The lowest BCUT2D eigenvalue weighted by Gasteiger charge is -2.10. The second kappa shape index (κ2) is 6.26. The molecule has 1 aromatic rings. The topological polar surface area (TPSA) is 27.1 Å². The maximum atomic E-state index is 6.11. The van der Waals surface area contributed by atoms with Crippen LogP contribution in [-0.2, 0) is 11.3 Å². The van der Waals surface area contributed by atoms with E-state index in [1.807, 2.05) is 10.9 Å². The zero-order valence-electron chi connectivity index (χ0n) is 10.5. The van der Waals surface area contributed by atoms with Crippen LogP contribution in [0, 0.1) is 0 Å². The van der Waals surface area contributed by atoms with Crippen molar-refractivity contribution in [1.82, 2.24) is 9.78 Å². The second-order valence-electron chi connectivity index (χ2n) is 4.19. The van der Waals surface area contributed by atoms with Gasteiger partial charge in [0.2, 0.25) is 0 Å². The van der Waals surface area contributed by atoms with Crippen LogP contribution in [0.4, 0.5) is 0 Å². The minimum absolute atomic E-state index is 0.254. The standard InChI is InChI=1S/C12H21ClN2O/c1-5-9(3)15-7-11(13)12(14-15)8-16-10(4)6-2/h7,9-10H,5-6,8H2,1-4H3. The number of rotatable bonds is 6. The molecule has 0 radical (unpaired) electrons. The van der Waals surface area contributed by atoms with Gasteiger partial charge in [-0.15, -0.1) is 0 Å². The van der Waals surface area contributed by atoms with Crippen LogP contribution in [0.25, 0.3) is 0 Å². The molecule has 0 aromatic carbocycles. The lowest BCUT2D eigenvalue weighted by atomic mass is 10.3. The Labute approximate surface area is 103 Å². The largest absolute Gasteiger partial charge is 0.372 e. The number of hydrogen-bond donors (Lipinski definition) is 0. The Kier molecular flexibility index (Phi) is 5.29. The second-order valence-corrected chi connectivity index (χ2v) is 4.60.